The van der Waals surface area contributed by atoms with E-state index in [1.807, 2.05) is 24.3 Å². The monoisotopic (exact) mass is 468 g/mol. The lowest BCUT2D eigenvalue weighted by molar-refractivity contribution is -0.137. The molecule has 2 N–H and O–H groups in total. The zero-order valence-electron chi connectivity index (χ0n) is 15.2. The highest BCUT2D eigenvalue weighted by molar-refractivity contribution is 9.10. The van der Waals surface area contributed by atoms with E-state index < -0.39 is 17.6 Å². The highest BCUT2D eigenvalue weighted by Crippen LogP contribution is 2.28. The van der Waals surface area contributed by atoms with E-state index in [1.54, 1.807) is 11.6 Å². The molecular weight excluding hydrogens is 453 g/mol. The minimum atomic E-state index is -4.43. The van der Waals surface area contributed by atoms with Crippen LogP contribution in [-0.4, -0.2) is 39.0 Å². The molecule has 0 unspecified atom stereocenters. The van der Waals surface area contributed by atoms with Crippen molar-refractivity contribution in [2.24, 2.45) is 0 Å². The first kappa shape index (κ1) is 20.8. The minimum absolute atomic E-state index is 0.192. The lowest BCUT2D eigenvalue weighted by atomic mass is 10.3. The topological polar surface area (TPSA) is 84.7 Å². The molecule has 1 amide bonds. The molecule has 0 saturated carbocycles. The van der Waals surface area contributed by atoms with Crippen LogP contribution in [0.25, 0.3) is 5.69 Å². The molecule has 0 saturated heterocycles. The number of amides is 1. The van der Waals surface area contributed by atoms with Gasteiger partial charge in [0.2, 0.25) is 0 Å². The molecule has 3 aromatic rings. The Morgan fingerprint density at radius 1 is 1.21 bits per heavy atom. The predicted molar refractivity (Wildman–Crippen MR) is 104 cm³/mol. The Hall–Kier alpha value is -2.95. The fraction of sp³-hybridized carbons (Fsp3) is 0.222. The van der Waals surface area contributed by atoms with Crippen molar-refractivity contribution in [3.05, 3.63) is 64.0 Å². The predicted octanol–water partition coefficient (Wildman–Crippen LogP) is 3.59. The maximum absolute atomic E-state index is 12.5. The first-order valence-electron chi connectivity index (χ1n) is 8.49. The molecule has 0 bridgehead atoms. The Morgan fingerprint density at radius 3 is 2.66 bits per heavy atom. The molecule has 0 aliphatic carbocycles. The van der Waals surface area contributed by atoms with Crippen molar-refractivity contribution in [1.29, 1.82) is 0 Å². The van der Waals surface area contributed by atoms with Crippen molar-refractivity contribution < 1.29 is 18.0 Å². The van der Waals surface area contributed by atoms with Crippen LogP contribution < -0.4 is 10.6 Å². The number of nitrogens with one attached hydrogen (secondary N) is 2. The van der Waals surface area contributed by atoms with Gasteiger partial charge in [0, 0.05) is 23.8 Å². The fourth-order valence-corrected chi connectivity index (χ4v) is 2.90. The summed E-state index contributed by atoms with van der Waals surface area (Å²) in [5.74, 6) is -0.116. The average Bonchev–Trinajstić information content (AvgIpc) is 3.06. The lowest BCUT2D eigenvalue weighted by Gasteiger charge is -2.09. The number of benzene rings is 1. The molecule has 11 heteroatoms. The molecule has 0 aliphatic rings. The van der Waals surface area contributed by atoms with Crippen LogP contribution in [-0.2, 0) is 6.18 Å². The van der Waals surface area contributed by atoms with Crippen molar-refractivity contribution in [1.82, 2.24) is 25.3 Å². The molecule has 0 aliphatic heterocycles. The molecule has 152 valence electrons. The largest absolute Gasteiger partial charge is 0.417 e. The van der Waals surface area contributed by atoms with Crippen LogP contribution in [0.2, 0.25) is 0 Å². The molecule has 0 radical (unpaired) electrons. The number of carbonyl (C=O) groups excluding carboxylic acids is 1. The van der Waals surface area contributed by atoms with E-state index in [9.17, 15) is 18.0 Å². The zero-order valence-corrected chi connectivity index (χ0v) is 16.8. The number of alkyl halides is 3. The Morgan fingerprint density at radius 2 is 2.00 bits per heavy atom. The normalized spacial score (nSPS) is 11.3. The lowest BCUT2D eigenvalue weighted by Crippen LogP contribution is -2.29. The number of nitrogens with zero attached hydrogens (tertiary/aromatic N) is 4. The second-order valence-corrected chi connectivity index (χ2v) is 6.94. The number of halogens is 4. The van der Waals surface area contributed by atoms with E-state index >= 15 is 0 Å². The van der Waals surface area contributed by atoms with Gasteiger partial charge in [-0.05, 0) is 37.3 Å². The van der Waals surface area contributed by atoms with Crippen molar-refractivity contribution in [3.63, 3.8) is 0 Å². The van der Waals surface area contributed by atoms with Gasteiger partial charge in [0.25, 0.3) is 5.91 Å². The summed E-state index contributed by atoms with van der Waals surface area (Å²) in [5, 5.41) is 13.5. The number of rotatable bonds is 6. The summed E-state index contributed by atoms with van der Waals surface area (Å²) >= 11 is 3.39. The Bertz CT molecular complexity index is 1000. The van der Waals surface area contributed by atoms with Gasteiger partial charge in [-0.15, -0.1) is 5.10 Å². The summed E-state index contributed by atoms with van der Waals surface area (Å²) in [7, 11) is 0. The van der Waals surface area contributed by atoms with E-state index in [0.29, 0.717) is 5.69 Å². The second-order valence-electron chi connectivity index (χ2n) is 6.03. The molecule has 1 aromatic carbocycles. The zero-order chi connectivity index (χ0) is 21.0. The molecule has 7 nitrogen and oxygen atoms in total. The average molecular weight is 469 g/mol. The molecule has 0 atom stereocenters. The fourth-order valence-electron chi connectivity index (χ4n) is 2.51. The molecule has 0 spiro atoms. The standard InChI is InChI=1S/C18H16BrF3N6O/c1-11-16(26-27-28(11)14-4-2-3-13(19)9-14)17(29)24-8-7-23-15-6-5-12(10-25-15)18(20,21)22/h2-6,9-10H,7-8H2,1H3,(H,23,25)(H,24,29). The van der Waals surface area contributed by atoms with Gasteiger partial charge in [0.1, 0.15) is 5.82 Å². The molecule has 0 fully saturated rings. The molecule has 2 aromatic heterocycles. The van der Waals surface area contributed by atoms with Crippen LogP contribution in [0, 0.1) is 6.92 Å². The van der Waals surface area contributed by atoms with Gasteiger partial charge in [0.15, 0.2) is 5.69 Å². The van der Waals surface area contributed by atoms with Gasteiger partial charge in [-0.1, -0.05) is 27.2 Å². The second kappa shape index (κ2) is 8.60. The number of anilines is 1. The highest BCUT2D eigenvalue weighted by Gasteiger charge is 2.30. The number of pyridine rings is 1. The Balaban J connectivity index is 1.54. The highest BCUT2D eigenvalue weighted by atomic mass is 79.9. The van der Waals surface area contributed by atoms with Gasteiger partial charge in [-0.25, -0.2) is 9.67 Å². The third-order valence-corrected chi connectivity index (χ3v) is 4.46. The molecule has 3 rings (SSSR count). The van der Waals surface area contributed by atoms with Crippen LogP contribution >= 0.6 is 15.9 Å². The summed E-state index contributed by atoms with van der Waals surface area (Å²) < 4.78 is 40.0. The van der Waals surface area contributed by atoms with Crippen LogP contribution in [0.5, 0.6) is 0 Å². The molecule has 2 heterocycles. The summed E-state index contributed by atoms with van der Waals surface area (Å²) in [5.41, 5.74) is 0.717. The quantitative estimate of drug-likeness (QED) is 0.540. The smallest absolute Gasteiger partial charge is 0.368 e. The van der Waals surface area contributed by atoms with Crippen molar-refractivity contribution in [3.8, 4) is 5.69 Å². The van der Waals surface area contributed by atoms with Crippen LogP contribution in [0.15, 0.2) is 47.1 Å². The van der Waals surface area contributed by atoms with Gasteiger partial charge in [0.05, 0.1) is 16.9 Å². The number of carbonyl (C=O) groups is 1. The minimum Gasteiger partial charge on any atom is -0.368 e. The van der Waals surface area contributed by atoms with Gasteiger partial charge in [-0.3, -0.25) is 4.79 Å². The summed E-state index contributed by atoms with van der Waals surface area (Å²) in [6, 6.07) is 9.60. The van der Waals surface area contributed by atoms with Gasteiger partial charge >= 0.3 is 6.18 Å². The summed E-state index contributed by atoms with van der Waals surface area (Å²) in [4.78, 5) is 16.0. The van der Waals surface area contributed by atoms with Crippen molar-refractivity contribution >= 4 is 27.7 Å². The number of hydrogen-bond donors (Lipinski definition) is 2. The Kier molecular flexibility index (Phi) is 6.16. The maximum atomic E-state index is 12.5. The van der Waals surface area contributed by atoms with Crippen LogP contribution in [0.4, 0.5) is 19.0 Å². The Labute approximate surface area is 172 Å². The van der Waals surface area contributed by atoms with E-state index in [1.165, 1.54) is 6.07 Å². The third kappa shape index (κ3) is 5.11. The van der Waals surface area contributed by atoms with E-state index in [2.05, 4.69) is 41.9 Å². The first-order valence-corrected chi connectivity index (χ1v) is 9.28. The van der Waals surface area contributed by atoms with Crippen LogP contribution in [0.1, 0.15) is 21.7 Å². The van der Waals surface area contributed by atoms with Crippen molar-refractivity contribution in [2.75, 3.05) is 18.4 Å². The third-order valence-electron chi connectivity index (χ3n) is 3.97. The van der Waals surface area contributed by atoms with Crippen molar-refractivity contribution in [2.45, 2.75) is 13.1 Å². The SMILES string of the molecule is Cc1c(C(=O)NCCNc2ccc(C(F)(F)F)cn2)nnn1-c1cccc(Br)c1. The summed E-state index contributed by atoms with van der Waals surface area (Å²) in [6.07, 6.45) is -3.67. The van der Waals surface area contributed by atoms with E-state index in [4.69, 9.17) is 0 Å². The van der Waals surface area contributed by atoms with Gasteiger partial charge < -0.3 is 10.6 Å². The number of hydrogen-bond acceptors (Lipinski definition) is 5. The van der Waals surface area contributed by atoms with E-state index in [-0.39, 0.29) is 24.6 Å². The van der Waals surface area contributed by atoms with Gasteiger partial charge in [-0.2, -0.15) is 13.2 Å². The first-order chi connectivity index (χ1) is 13.8. The van der Waals surface area contributed by atoms with Crippen LogP contribution in [0.3, 0.4) is 0 Å². The summed E-state index contributed by atoms with van der Waals surface area (Å²) in [6.45, 7) is 2.24. The molecule has 29 heavy (non-hydrogen) atoms. The maximum Gasteiger partial charge on any atom is 0.417 e. The van der Waals surface area contributed by atoms with E-state index in [0.717, 1.165) is 22.4 Å². The number of aromatic nitrogens is 4. The molecular formula is C18H16BrF3N6O.